The Bertz CT molecular complexity index is 638. The van der Waals surface area contributed by atoms with Gasteiger partial charge in [-0.3, -0.25) is 9.48 Å². The number of hydrogen-bond acceptors (Lipinski definition) is 3. The minimum absolute atomic E-state index is 0.000738. The van der Waals surface area contributed by atoms with E-state index in [9.17, 15) is 9.59 Å². The highest BCUT2D eigenvalue weighted by molar-refractivity contribution is 6.00. The van der Waals surface area contributed by atoms with E-state index < -0.39 is 5.41 Å². The molecule has 4 rings (SSSR count). The van der Waals surface area contributed by atoms with Crippen LogP contribution in [0.25, 0.3) is 0 Å². The molecule has 3 aliphatic rings. The molecule has 3 heterocycles. The molecule has 124 valence electrons. The van der Waals surface area contributed by atoms with Crippen LogP contribution < -0.4 is 10.2 Å². The van der Waals surface area contributed by atoms with Crippen molar-refractivity contribution in [3.05, 3.63) is 12.4 Å². The first-order valence-corrected chi connectivity index (χ1v) is 8.43. The van der Waals surface area contributed by atoms with Crippen LogP contribution in [0.1, 0.15) is 32.1 Å². The van der Waals surface area contributed by atoms with Crippen LogP contribution in [-0.2, 0) is 11.8 Å². The number of nitrogens with one attached hydrogen (secondary N) is 1. The standard InChI is InChI=1S/C16H23N5O2/c1-19-10-13(9-17-19)21-8-6-16(14(21)22)5-2-7-20(11-16)15(23)18-12-3-4-12/h9-10,12H,2-8,11H2,1H3,(H,18,23)/t16-/m0/s1. The van der Waals surface area contributed by atoms with Gasteiger partial charge in [-0.2, -0.15) is 5.10 Å². The lowest BCUT2D eigenvalue weighted by Crippen LogP contribution is -2.52. The van der Waals surface area contributed by atoms with Crippen LogP contribution in [0.3, 0.4) is 0 Å². The molecule has 1 saturated carbocycles. The van der Waals surface area contributed by atoms with E-state index in [0.717, 1.165) is 44.3 Å². The van der Waals surface area contributed by atoms with Crippen LogP contribution in [-0.4, -0.2) is 52.3 Å². The number of amides is 3. The number of anilines is 1. The zero-order chi connectivity index (χ0) is 16.0. The highest BCUT2D eigenvalue weighted by Gasteiger charge is 2.50. The van der Waals surface area contributed by atoms with Gasteiger partial charge in [-0.1, -0.05) is 0 Å². The van der Waals surface area contributed by atoms with Crippen molar-refractivity contribution in [3.8, 4) is 0 Å². The zero-order valence-corrected chi connectivity index (χ0v) is 13.5. The molecule has 1 atom stereocenters. The summed E-state index contributed by atoms with van der Waals surface area (Å²) in [5.41, 5.74) is 0.448. The van der Waals surface area contributed by atoms with Crippen LogP contribution >= 0.6 is 0 Å². The Kier molecular flexibility index (Phi) is 3.32. The van der Waals surface area contributed by atoms with Gasteiger partial charge < -0.3 is 15.1 Å². The van der Waals surface area contributed by atoms with E-state index in [0.29, 0.717) is 19.1 Å². The van der Waals surface area contributed by atoms with Crippen molar-refractivity contribution in [1.29, 1.82) is 0 Å². The first-order valence-electron chi connectivity index (χ1n) is 8.43. The van der Waals surface area contributed by atoms with Crippen molar-refractivity contribution >= 4 is 17.6 Å². The molecule has 2 aliphatic heterocycles. The fourth-order valence-electron chi connectivity index (χ4n) is 3.79. The number of carbonyl (C=O) groups excluding carboxylic acids is 2. The lowest BCUT2D eigenvalue weighted by atomic mass is 9.78. The van der Waals surface area contributed by atoms with E-state index in [1.807, 2.05) is 23.0 Å². The van der Waals surface area contributed by atoms with Gasteiger partial charge in [0, 0.05) is 38.9 Å². The second-order valence-electron chi connectivity index (χ2n) is 7.11. The number of aryl methyl sites for hydroxylation is 1. The van der Waals surface area contributed by atoms with Crippen molar-refractivity contribution in [2.75, 3.05) is 24.5 Å². The van der Waals surface area contributed by atoms with Gasteiger partial charge in [-0.25, -0.2) is 4.79 Å². The number of likely N-dealkylation sites (tertiary alicyclic amines) is 1. The van der Waals surface area contributed by atoms with Gasteiger partial charge in [-0.05, 0) is 32.1 Å². The van der Waals surface area contributed by atoms with Crippen molar-refractivity contribution in [3.63, 3.8) is 0 Å². The maximum atomic E-state index is 13.0. The molecule has 1 aromatic heterocycles. The largest absolute Gasteiger partial charge is 0.335 e. The van der Waals surface area contributed by atoms with Crippen LogP contribution in [0.15, 0.2) is 12.4 Å². The molecule has 7 nitrogen and oxygen atoms in total. The quantitative estimate of drug-likeness (QED) is 0.888. The zero-order valence-electron chi connectivity index (χ0n) is 13.5. The summed E-state index contributed by atoms with van der Waals surface area (Å²) in [6, 6.07) is 0.353. The molecule has 23 heavy (non-hydrogen) atoms. The molecule has 1 spiro atoms. The number of carbonyl (C=O) groups is 2. The Balaban J connectivity index is 1.49. The van der Waals surface area contributed by atoms with E-state index in [1.165, 1.54) is 0 Å². The summed E-state index contributed by atoms with van der Waals surface area (Å²) in [6.07, 6.45) is 8.35. The lowest BCUT2D eigenvalue weighted by molar-refractivity contribution is -0.127. The Hall–Kier alpha value is -2.05. The van der Waals surface area contributed by atoms with Crippen molar-refractivity contribution in [2.45, 2.75) is 38.1 Å². The average molecular weight is 317 g/mol. The van der Waals surface area contributed by atoms with E-state index in [4.69, 9.17) is 0 Å². The summed E-state index contributed by atoms with van der Waals surface area (Å²) in [6.45, 7) is 2.00. The maximum Gasteiger partial charge on any atom is 0.317 e. The van der Waals surface area contributed by atoms with Gasteiger partial charge in [0.2, 0.25) is 5.91 Å². The Labute approximate surface area is 135 Å². The number of rotatable bonds is 2. The SMILES string of the molecule is Cn1cc(N2CC[C@]3(CCCN(C(=O)NC4CC4)C3)C2=O)cn1. The molecule has 2 saturated heterocycles. The topological polar surface area (TPSA) is 70.5 Å². The molecule has 0 aromatic carbocycles. The third kappa shape index (κ3) is 2.58. The smallest absolute Gasteiger partial charge is 0.317 e. The average Bonchev–Trinajstić information content (AvgIpc) is 3.18. The molecule has 1 N–H and O–H groups in total. The van der Waals surface area contributed by atoms with Gasteiger partial charge in [0.25, 0.3) is 0 Å². The molecule has 1 aromatic rings. The fourth-order valence-corrected chi connectivity index (χ4v) is 3.79. The first kappa shape index (κ1) is 14.5. The van der Waals surface area contributed by atoms with Gasteiger partial charge in [0.05, 0.1) is 17.3 Å². The van der Waals surface area contributed by atoms with Crippen LogP contribution in [0.5, 0.6) is 0 Å². The second-order valence-corrected chi connectivity index (χ2v) is 7.11. The van der Waals surface area contributed by atoms with Crippen LogP contribution in [0.4, 0.5) is 10.5 Å². The number of piperidine rings is 1. The molecule has 0 unspecified atom stereocenters. The van der Waals surface area contributed by atoms with Crippen LogP contribution in [0.2, 0.25) is 0 Å². The molecule has 3 amide bonds. The van der Waals surface area contributed by atoms with Crippen molar-refractivity contribution in [1.82, 2.24) is 20.0 Å². The van der Waals surface area contributed by atoms with E-state index in [1.54, 1.807) is 10.9 Å². The molecule has 3 fully saturated rings. The highest BCUT2D eigenvalue weighted by Crippen LogP contribution is 2.41. The first-order chi connectivity index (χ1) is 11.1. The molecule has 0 radical (unpaired) electrons. The number of hydrogen-bond donors (Lipinski definition) is 1. The highest BCUT2D eigenvalue weighted by atomic mass is 16.2. The lowest BCUT2D eigenvalue weighted by Gasteiger charge is -2.38. The minimum Gasteiger partial charge on any atom is -0.335 e. The molecule has 1 aliphatic carbocycles. The van der Waals surface area contributed by atoms with Crippen LogP contribution in [0, 0.1) is 5.41 Å². The van der Waals surface area contributed by atoms with Gasteiger partial charge >= 0.3 is 6.03 Å². The molecule has 7 heteroatoms. The second kappa shape index (κ2) is 5.25. The Morgan fingerprint density at radius 2 is 2.17 bits per heavy atom. The monoisotopic (exact) mass is 317 g/mol. The van der Waals surface area contributed by atoms with Crippen molar-refractivity contribution in [2.24, 2.45) is 12.5 Å². The predicted octanol–water partition coefficient (Wildman–Crippen LogP) is 1.11. The number of urea groups is 1. The van der Waals surface area contributed by atoms with Gasteiger partial charge in [0.15, 0.2) is 0 Å². The normalized spacial score (nSPS) is 27.8. The summed E-state index contributed by atoms with van der Waals surface area (Å²) in [5, 5.41) is 7.20. The third-order valence-corrected chi connectivity index (χ3v) is 5.28. The minimum atomic E-state index is -0.408. The molecular weight excluding hydrogens is 294 g/mol. The summed E-state index contributed by atoms with van der Waals surface area (Å²) in [7, 11) is 1.85. The van der Waals surface area contributed by atoms with Gasteiger partial charge in [0.1, 0.15) is 0 Å². The fraction of sp³-hybridized carbons (Fsp3) is 0.688. The molecular formula is C16H23N5O2. The van der Waals surface area contributed by atoms with Crippen molar-refractivity contribution < 1.29 is 9.59 Å². The van der Waals surface area contributed by atoms with E-state index in [-0.39, 0.29) is 11.9 Å². The van der Waals surface area contributed by atoms with Gasteiger partial charge in [-0.15, -0.1) is 0 Å². The van der Waals surface area contributed by atoms with E-state index >= 15 is 0 Å². The van der Waals surface area contributed by atoms with E-state index in [2.05, 4.69) is 10.4 Å². The Morgan fingerprint density at radius 1 is 1.35 bits per heavy atom. The third-order valence-electron chi connectivity index (χ3n) is 5.28. The summed E-state index contributed by atoms with van der Waals surface area (Å²) in [5.74, 6) is 0.148. The number of nitrogens with zero attached hydrogens (tertiary/aromatic N) is 4. The Morgan fingerprint density at radius 3 is 2.87 bits per heavy atom. The molecule has 0 bridgehead atoms. The number of aromatic nitrogens is 2. The summed E-state index contributed by atoms with van der Waals surface area (Å²) in [4.78, 5) is 29.0. The predicted molar refractivity (Wildman–Crippen MR) is 85.0 cm³/mol. The maximum absolute atomic E-state index is 13.0. The summed E-state index contributed by atoms with van der Waals surface area (Å²) < 4.78 is 1.71. The summed E-state index contributed by atoms with van der Waals surface area (Å²) >= 11 is 0.